The van der Waals surface area contributed by atoms with E-state index in [-0.39, 0.29) is 11.9 Å². The fourth-order valence-corrected chi connectivity index (χ4v) is 1.40. The summed E-state index contributed by atoms with van der Waals surface area (Å²) in [5.74, 6) is 0.412. The lowest BCUT2D eigenvalue weighted by atomic mass is 9.96. The summed E-state index contributed by atoms with van der Waals surface area (Å²) in [6, 6.07) is 0. The van der Waals surface area contributed by atoms with Gasteiger partial charge in [-0.2, -0.15) is 0 Å². The Kier molecular flexibility index (Phi) is 5.31. The van der Waals surface area contributed by atoms with Crippen molar-refractivity contribution in [3.05, 3.63) is 0 Å². The smallest absolute Gasteiger partial charge is 0.324 e. The molecule has 0 saturated heterocycles. The number of methoxy groups -OCH3 is 1. The van der Waals surface area contributed by atoms with Gasteiger partial charge in [-0.25, -0.2) is 0 Å². The minimum absolute atomic E-state index is 0.180. The Bertz CT molecular complexity index is 145. The normalized spacial score (nSPS) is 15.8. The second-order valence-electron chi connectivity index (χ2n) is 3.53. The van der Waals surface area contributed by atoms with Crippen LogP contribution in [0.4, 0.5) is 0 Å². The Morgan fingerprint density at radius 1 is 1.42 bits per heavy atom. The summed E-state index contributed by atoms with van der Waals surface area (Å²) in [6.45, 7) is 6.18. The molecule has 0 radical (unpaired) electrons. The van der Waals surface area contributed by atoms with Crippen molar-refractivity contribution in [1.29, 1.82) is 0 Å². The predicted octanol–water partition coefficient (Wildman–Crippen LogP) is 2.45. The van der Waals surface area contributed by atoms with Crippen LogP contribution in [0.15, 0.2) is 0 Å². The number of esters is 1. The van der Waals surface area contributed by atoms with Crippen LogP contribution in [-0.2, 0) is 9.53 Å². The van der Waals surface area contributed by atoms with Gasteiger partial charge in [-0.15, -0.1) is 11.6 Å². The van der Waals surface area contributed by atoms with Crippen LogP contribution in [0.5, 0.6) is 0 Å². The zero-order valence-electron chi connectivity index (χ0n) is 8.13. The van der Waals surface area contributed by atoms with E-state index < -0.39 is 5.38 Å². The Balaban J connectivity index is 3.91. The first-order chi connectivity index (χ1) is 5.49. The first-order valence-electron chi connectivity index (χ1n) is 4.21. The Morgan fingerprint density at radius 3 is 2.25 bits per heavy atom. The molecule has 2 atom stereocenters. The quantitative estimate of drug-likeness (QED) is 0.505. The van der Waals surface area contributed by atoms with E-state index in [1.54, 1.807) is 0 Å². The molecule has 3 heteroatoms. The molecule has 12 heavy (non-hydrogen) atoms. The van der Waals surface area contributed by atoms with Crippen LogP contribution < -0.4 is 0 Å². The van der Waals surface area contributed by atoms with Crippen molar-refractivity contribution in [2.24, 2.45) is 11.8 Å². The van der Waals surface area contributed by atoms with Gasteiger partial charge in [0.1, 0.15) is 5.38 Å². The summed E-state index contributed by atoms with van der Waals surface area (Å²) >= 11 is 5.85. The number of halogens is 1. The van der Waals surface area contributed by atoms with Crippen molar-refractivity contribution in [1.82, 2.24) is 0 Å². The lowest BCUT2D eigenvalue weighted by Crippen LogP contribution is -2.24. The third-order valence-corrected chi connectivity index (χ3v) is 2.38. The highest BCUT2D eigenvalue weighted by Gasteiger charge is 2.23. The highest BCUT2D eigenvalue weighted by molar-refractivity contribution is 6.30. The lowest BCUT2D eigenvalue weighted by Gasteiger charge is -2.17. The van der Waals surface area contributed by atoms with Crippen molar-refractivity contribution >= 4 is 17.6 Å². The van der Waals surface area contributed by atoms with Crippen molar-refractivity contribution < 1.29 is 9.53 Å². The summed E-state index contributed by atoms with van der Waals surface area (Å²) in [7, 11) is 1.36. The maximum absolute atomic E-state index is 11.0. The molecule has 0 N–H and O–H groups in total. The second kappa shape index (κ2) is 5.41. The van der Waals surface area contributed by atoms with E-state index in [0.29, 0.717) is 5.92 Å². The minimum atomic E-state index is -0.502. The summed E-state index contributed by atoms with van der Waals surface area (Å²) in [4.78, 5) is 11.0. The van der Waals surface area contributed by atoms with Gasteiger partial charge in [0.2, 0.25) is 0 Å². The Labute approximate surface area is 79.2 Å². The molecule has 0 amide bonds. The van der Waals surface area contributed by atoms with Gasteiger partial charge in [0.05, 0.1) is 7.11 Å². The number of carbonyl (C=O) groups excluding carboxylic acids is 1. The Hall–Kier alpha value is -0.240. The maximum atomic E-state index is 11.0. The van der Waals surface area contributed by atoms with Gasteiger partial charge < -0.3 is 4.74 Å². The molecule has 2 unspecified atom stereocenters. The van der Waals surface area contributed by atoms with Crippen LogP contribution in [0.25, 0.3) is 0 Å². The monoisotopic (exact) mass is 192 g/mol. The topological polar surface area (TPSA) is 26.3 Å². The number of hydrogen-bond acceptors (Lipinski definition) is 2. The lowest BCUT2D eigenvalue weighted by molar-refractivity contribution is -0.141. The molecule has 0 aromatic rings. The number of carbonyl (C=O) groups is 1. The average Bonchev–Trinajstić information content (AvgIpc) is 2.00. The van der Waals surface area contributed by atoms with Crippen LogP contribution in [0.2, 0.25) is 0 Å². The molecule has 2 nitrogen and oxygen atoms in total. The number of ether oxygens (including phenoxy) is 1. The highest BCUT2D eigenvalue weighted by atomic mass is 35.5. The third kappa shape index (κ3) is 3.96. The van der Waals surface area contributed by atoms with Crippen LogP contribution in [0, 0.1) is 11.8 Å². The van der Waals surface area contributed by atoms with Crippen LogP contribution in [0.3, 0.4) is 0 Å². The van der Waals surface area contributed by atoms with Crippen molar-refractivity contribution in [2.75, 3.05) is 7.11 Å². The number of alkyl halides is 1. The van der Waals surface area contributed by atoms with Gasteiger partial charge in [0.15, 0.2) is 0 Å². The first kappa shape index (κ1) is 11.8. The van der Waals surface area contributed by atoms with Crippen molar-refractivity contribution in [2.45, 2.75) is 32.6 Å². The molecular formula is C9H17ClO2. The van der Waals surface area contributed by atoms with Crippen molar-refractivity contribution in [3.63, 3.8) is 0 Å². The Morgan fingerprint density at radius 2 is 1.92 bits per heavy atom. The fraction of sp³-hybridized carbons (Fsp3) is 0.889. The van der Waals surface area contributed by atoms with E-state index in [4.69, 9.17) is 11.6 Å². The van der Waals surface area contributed by atoms with E-state index in [1.807, 2.05) is 6.92 Å². The predicted molar refractivity (Wildman–Crippen MR) is 50.3 cm³/mol. The molecule has 0 aromatic carbocycles. The van der Waals surface area contributed by atoms with E-state index >= 15 is 0 Å². The van der Waals surface area contributed by atoms with Crippen LogP contribution >= 0.6 is 11.6 Å². The molecule has 0 fully saturated rings. The third-order valence-electron chi connectivity index (χ3n) is 1.77. The molecule has 0 spiro atoms. The van der Waals surface area contributed by atoms with Gasteiger partial charge in [0, 0.05) is 0 Å². The van der Waals surface area contributed by atoms with E-state index in [0.717, 1.165) is 6.42 Å². The molecule has 0 saturated carbocycles. The molecule has 0 rings (SSSR count). The molecular weight excluding hydrogens is 176 g/mol. The minimum Gasteiger partial charge on any atom is -0.468 e. The van der Waals surface area contributed by atoms with Crippen LogP contribution in [-0.4, -0.2) is 18.5 Å². The largest absolute Gasteiger partial charge is 0.468 e. The van der Waals surface area contributed by atoms with Gasteiger partial charge in [-0.3, -0.25) is 4.79 Å². The van der Waals surface area contributed by atoms with Gasteiger partial charge >= 0.3 is 5.97 Å². The molecule has 0 bridgehead atoms. The molecule has 72 valence electrons. The standard InChI is InChI=1S/C9H17ClO2/c1-6(2)5-7(3)8(10)9(11)12-4/h6-8H,5H2,1-4H3. The van der Waals surface area contributed by atoms with Gasteiger partial charge in [-0.05, 0) is 18.3 Å². The zero-order valence-corrected chi connectivity index (χ0v) is 8.89. The summed E-state index contributed by atoms with van der Waals surface area (Å²) < 4.78 is 4.54. The zero-order chi connectivity index (χ0) is 9.72. The first-order valence-corrected chi connectivity index (χ1v) is 4.64. The van der Waals surface area contributed by atoms with E-state index in [1.165, 1.54) is 7.11 Å². The summed E-state index contributed by atoms with van der Waals surface area (Å²) in [5.41, 5.74) is 0. The van der Waals surface area contributed by atoms with Gasteiger partial charge in [0.25, 0.3) is 0 Å². The van der Waals surface area contributed by atoms with E-state index in [2.05, 4.69) is 18.6 Å². The molecule has 0 heterocycles. The number of rotatable bonds is 4. The van der Waals surface area contributed by atoms with Gasteiger partial charge in [-0.1, -0.05) is 20.8 Å². The molecule has 0 aliphatic carbocycles. The maximum Gasteiger partial charge on any atom is 0.324 e. The highest BCUT2D eigenvalue weighted by Crippen LogP contribution is 2.19. The summed E-state index contributed by atoms with van der Waals surface area (Å²) in [6.07, 6.45) is 0.948. The van der Waals surface area contributed by atoms with Crippen molar-refractivity contribution in [3.8, 4) is 0 Å². The van der Waals surface area contributed by atoms with E-state index in [9.17, 15) is 4.79 Å². The fourth-order valence-electron chi connectivity index (χ4n) is 1.21. The summed E-state index contributed by atoms with van der Waals surface area (Å²) in [5, 5.41) is -0.502. The number of hydrogen-bond donors (Lipinski definition) is 0. The molecule has 0 aliphatic rings. The molecule has 0 aliphatic heterocycles. The van der Waals surface area contributed by atoms with Crippen LogP contribution in [0.1, 0.15) is 27.2 Å². The molecule has 0 aromatic heterocycles. The average molecular weight is 193 g/mol. The SMILES string of the molecule is COC(=O)C(Cl)C(C)CC(C)C. The second-order valence-corrected chi connectivity index (χ2v) is 4.00.